The molecule has 1 atom stereocenters. The summed E-state index contributed by atoms with van der Waals surface area (Å²) in [5, 5.41) is 2.56. The number of nitrogens with one attached hydrogen (secondary N) is 2. The number of hydrogen-bond donors (Lipinski definition) is 2. The number of halogens is 1. The van der Waals surface area contributed by atoms with Gasteiger partial charge in [-0.1, -0.05) is 26.0 Å². The Morgan fingerprint density at radius 1 is 1.38 bits per heavy atom. The number of carbonyl (C=O) groups excluding carboxylic acids is 1. The Kier molecular flexibility index (Phi) is 6.77. The Balaban J connectivity index is 2.40. The molecule has 0 aliphatic heterocycles. The molecule has 0 aliphatic rings. The van der Waals surface area contributed by atoms with Crippen LogP contribution in [0.4, 0.5) is 4.39 Å². The van der Waals surface area contributed by atoms with Crippen LogP contribution in [0.2, 0.25) is 0 Å². The molecule has 0 heterocycles. The molecular formula is C14H21FN2O3S. The van der Waals surface area contributed by atoms with Crippen molar-refractivity contribution in [2.75, 3.05) is 18.8 Å². The number of sulfonamides is 1. The first-order valence-electron chi connectivity index (χ1n) is 6.83. The average Bonchev–Trinajstić information content (AvgIpc) is 2.38. The van der Waals surface area contributed by atoms with E-state index < -0.39 is 10.0 Å². The molecule has 0 spiro atoms. The van der Waals surface area contributed by atoms with Gasteiger partial charge in [0.1, 0.15) is 5.82 Å². The molecule has 7 heteroatoms. The minimum absolute atomic E-state index is 0.0596. The second-order valence-electron chi connectivity index (χ2n) is 4.83. The first kappa shape index (κ1) is 17.6. The lowest BCUT2D eigenvalue weighted by Crippen LogP contribution is -2.34. The molecule has 0 saturated carbocycles. The van der Waals surface area contributed by atoms with Gasteiger partial charge < -0.3 is 5.32 Å². The molecule has 1 aromatic carbocycles. The molecule has 21 heavy (non-hydrogen) atoms. The predicted octanol–water partition coefficient (Wildman–Crippen LogP) is 1.37. The van der Waals surface area contributed by atoms with E-state index in [0.717, 1.165) is 5.56 Å². The van der Waals surface area contributed by atoms with Gasteiger partial charge in [-0.3, -0.25) is 4.79 Å². The molecule has 0 bridgehead atoms. The molecule has 0 aliphatic carbocycles. The predicted molar refractivity (Wildman–Crippen MR) is 79.9 cm³/mol. The van der Waals surface area contributed by atoms with Crippen molar-refractivity contribution in [2.24, 2.45) is 0 Å². The minimum atomic E-state index is -3.33. The van der Waals surface area contributed by atoms with E-state index >= 15 is 0 Å². The standard InChI is InChI=1S/C14H21FN2O3S/c1-3-17-21(19,20)8-7-16-14(18)9-11(2)12-5-4-6-13(15)10-12/h4-6,10-11,17H,3,7-9H2,1-2H3,(H,16,18)/t11-/m1/s1. The fraction of sp³-hybridized carbons (Fsp3) is 0.500. The highest BCUT2D eigenvalue weighted by molar-refractivity contribution is 7.89. The Labute approximate surface area is 125 Å². The lowest BCUT2D eigenvalue weighted by molar-refractivity contribution is -0.121. The van der Waals surface area contributed by atoms with Gasteiger partial charge >= 0.3 is 0 Å². The van der Waals surface area contributed by atoms with Gasteiger partial charge in [-0.15, -0.1) is 0 Å². The van der Waals surface area contributed by atoms with E-state index in [0.29, 0.717) is 6.54 Å². The van der Waals surface area contributed by atoms with Gasteiger partial charge in [-0.05, 0) is 23.6 Å². The molecule has 0 radical (unpaired) electrons. The van der Waals surface area contributed by atoms with Gasteiger partial charge in [0.15, 0.2) is 0 Å². The third kappa shape index (κ3) is 6.68. The molecule has 0 unspecified atom stereocenters. The SMILES string of the molecule is CCNS(=O)(=O)CCNC(=O)C[C@@H](C)c1cccc(F)c1. The Hall–Kier alpha value is -1.47. The normalized spacial score (nSPS) is 12.9. The van der Waals surface area contributed by atoms with Crippen molar-refractivity contribution in [3.8, 4) is 0 Å². The van der Waals surface area contributed by atoms with E-state index in [4.69, 9.17) is 0 Å². The average molecular weight is 316 g/mol. The molecule has 1 amide bonds. The van der Waals surface area contributed by atoms with Crippen LogP contribution in [0.1, 0.15) is 31.7 Å². The smallest absolute Gasteiger partial charge is 0.220 e. The molecule has 1 rings (SSSR count). The zero-order chi connectivity index (χ0) is 15.9. The number of amides is 1. The summed E-state index contributed by atoms with van der Waals surface area (Å²) >= 11 is 0. The van der Waals surface area contributed by atoms with Gasteiger partial charge in [0, 0.05) is 19.5 Å². The highest BCUT2D eigenvalue weighted by Gasteiger charge is 2.13. The molecule has 0 fully saturated rings. The zero-order valence-corrected chi connectivity index (χ0v) is 13.0. The van der Waals surface area contributed by atoms with Crippen LogP contribution in [-0.2, 0) is 14.8 Å². The van der Waals surface area contributed by atoms with Crippen LogP contribution in [0.3, 0.4) is 0 Å². The molecular weight excluding hydrogens is 295 g/mol. The Bertz CT molecular complexity index is 575. The fourth-order valence-electron chi connectivity index (χ4n) is 1.90. The van der Waals surface area contributed by atoms with E-state index in [1.54, 1.807) is 19.1 Å². The van der Waals surface area contributed by atoms with Crippen molar-refractivity contribution >= 4 is 15.9 Å². The van der Waals surface area contributed by atoms with E-state index in [9.17, 15) is 17.6 Å². The van der Waals surface area contributed by atoms with Crippen LogP contribution in [0.5, 0.6) is 0 Å². The largest absolute Gasteiger partial charge is 0.355 e. The van der Waals surface area contributed by atoms with Gasteiger partial charge in [0.2, 0.25) is 15.9 Å². The molecule has 0 saturated heterocycles. The highest BCUT2D eigenvalue weighted by atomic mass is 32.2. The van der Waals surface area contributed by atoms with Crippen molar-refractivity contribution in [3.63, 3.8) is 0 Å². The van der Waals surface area contributed by atoms with Crippen molar-refractivity contribution < 1.29 is 17.6 Å². The monoisotopic (exact) mass is 316 g/mol. The van der Waals surface area contributed by atoms with Gasteiger partial charge in [-0.2, -0.15) is 0 Å². The van der Waals surface area contributed by atoms with E-state index in [2.05, 4.69) is 10.0 Å². The number of hydrogen-bond acceptors (Lipinski definition) is 3. The third-order valence-corrected chi connectivity index (χ3v) is 4.44. The van der Waals surface area contributed by atoms with Crippen molar-refractivity contribution in [1.82, 2.24) is 10.0 Å². The molecule has 118 valence electrons. The van der Waals surface area contributed by atoms with Crippen molar-refractivity contribution in [3.05, 3.63) is 35.6 Å². The van der Waals surface area contributed by atoms with E-state index in [-0.39, 0.29) is 36.4 Å². The van der Waals surface area contributed by atoms with Gasteiger partial charge in [0.25, 0.3) is 0 Å². The van der Waals surface area contributed by atoms with E-state index in [1.165, 1.54) is 12.1 Å². The second-order valence-corrected chi connectivity index (χ2v) is 6.75. The molecule has 1 aromatic rings. The minimum Gasteiger partial charge on any atom is -0.355 e. The summed E-state index contributed by atoms with van der Waals surface area (Å²) < 4.78 is 38.2. The van der Waals surface area contributed by atoms with Crippen molar-refractivity contribution in [1.29, 1.82) is 0 Å². The zero-order valence-electron chi connectivity index (χ0n) is 12.2. The number of carbonyl (C=O) groups is 1. The summed E-state index contributed by atoms with van der Waals surface area (Å²) in [6, 6.07) is 6.11. The second kappa shape index (κ2) is 8.09. The summed E-state index contributed by atoms with van der Waals surface area (Å²) in [7, 11) is -3.33. The van der Waals surface area contributed by atoms with E-state index in [1.807, 2.05) is 6.92 Å². The summed E-state index contributed by atoms with van der Waals surface area (Å²) in [5.41, 5.74) is 0.741. The highest BCUT2D eigenvalue weighted by Crippen LogP contribution is 2.19. The van der Waals surface area contributed by atoms with Crippen molar-refractivity contribution in [2.45, 2.75) is 26.2 Å². The maximum absolute atomic E-state index is 13.1. The first-order valence-corrected chi connectivity index (χ1v) is 8.48. The van der Waals surface area contributed by atoms with Crippen LogP contribution in [-0.4, -0.2) is 33.2 Å². The number of benzene rings is 1. The van der Waals surface area contributed by atoms with Crippen LogP contribution in [0, 0.1) is 5.82 Å². The fourth-order valence-corrected chi connectivity index (χ4v) is 2.85. The lowest BCUT2D eigenvalue weighted by Gasteiger charge is -2.12. The van der Waals surface area contributed by atoms with Gasteiger partial charge in [0.05, 0.1) is 5.75 Å². The summed E-state index contributed by atoms with van der Waals surface area (Å²) in [4.78, 5) is 11.7. The van der Waals surface area contributed by atoms with Crippen LogP contribution in [0.15, 0.2) is 24.3 Å². The summed E-state index contributed by atoms with van der Waals surface area (Å²) in [5.74, 6) is -0.873. The van der Waals surface area contributed by atoms with Gasteiger partial charge in [-0.25, -0.2) is 17.5 Å². The molecule has 5 nitrogen and oxygen atoms in total. The molecule has 2 N–H and O–H groups in total. The maximum atomic E-state index is 13.1. The Morgan fingerprint density at radius 3 is 2.71 bits per heavy atom. The quantitative estimate of drug-likeness (QED) is 0.761. The van der Waals surface area contributed by atoms with Crippen LogP contribution < -0.4 is 10.0 Å². The third-order valence-electron chi connectivity index (χ3n) is 2.97. The first-order chi connectivity index (χ1) is 9.84. The Morgan fingerprint density at radius 2 is 2.10 bits per heavy atom. The summed E-state index contributed by atoms with van der Waals surface area (Å²) in [6.07, 6.45) is 0.185. The lowest BCUT2D eigenvalue weighted by atomic mass is 9.97. The topological polar surface area (TPSA) is 75.3 Å². The molecule has 0 aromatic heterocycles. The number of rotatable bonds is 8. The van der Waals surface area contributed by atoms with Crippen LogP contribution in [0.25, 0.3) is 0 Å². The maximum Gasteiger partial charge on any atom is 0.220 e. The summed E-state index contributed by atoms with van der Waals surface area (Å²) in [6.45, 7) is 3.90. The van der Waals surface area contributed by atoms with Crippen LogP contribution >= 0.6 is 0 Å².